The fourth-order valence-corrected chi connectivity index (χ4v) is 2.95. The Labute approximate surface area is 167 Å². The van der Waals surface area contributed by atoms with Crippen LogP contribution in [0.25, 0.3) is 10.9 Å². The second-order valence-corrected chi connectivity index (χ2v) is 6.92. The molecule has 0 spiro atoms. The van der Waals surface area contributed by atoms with E-state index in [-0.39, 0.29) is 12.5 Å². The Hall–Kier alpha value is -2.54. The maximum absolute atomic E-state index is 11.8. The third-order valence-corrected chi connectivity index (χ3v) is 4.52. The van der Waals surface area contributed by atoms with Gasteiger partial charge in [0.05, 0.1) is 0 Å². The molecular formula is C21H33N5O2. The lowest BCUT2D eigenvalue weighted by Crippen LogP contribution is -2.40. The zero-order valence-electron chi connectivity index (χ0n) is 17.5. The molecule has 0 unspecified atom stereocenters. The summed E-state index contributed by atoms with van der Waals surface area (Å²) in [6, 6.07) is 6.29. The van der Waals surface area contributed by atoms with E-state index in [4.69, 9.17) is 4.74 Å². The number of carbonyl (C=O) groups is 1. The largest absolute Gasteiger partial charge is 0.382 e. The fourth-order valence-electron chi connectivity index (χ4n) is 2.95. The number of guanidine groups is 1. The summed E-state index contributed by atoms with van der Waals surface area (Å²) in [5.74, 6) is 0.630. The molecule has 3 N–H and O–H groups in total. The van der Waals surface area contributed by atoms with E-state index in [0.29, 0.717) is 12.6 Å². The number of aryl methyl sites for hydroxylation is 1. The first-order valence-corrected chi connectivity index (χ1v) is 9.88. The van der Waals surface area contributed by atoms with E-state index in [9.17, 15) is 4.79 Å². The topological polar surface area (TPSA) is 81.8 Å². The van der Waals surface area contributed by atoms with Gasteiger partial charge in [-0.05, 0) is 43.9 Å². The maximum Gasteiger partial charge on any atom is 0.243 e. The van der Waals surface area contributed by atoms with Gasteiger partial charge in [-0.2, -0.15) is 0 Å². The molecule has 0 aliphatic heterocycles. The van der Waals surface area contributed by atoms with Crippen LogP contribution in [0.2, 0.25) is 0 Å². The minimum atomic E-state index is -0.0253. The summed E-state index contributed by atoms with van der Waals surface area (Å²) in [4.78, 5) is 21.1. The third kappa shape index (κ3) is 6.56. The molecule has 154 valence electrons. The van der Waals surface area contributed by atoms with E-state index >= 15 is 0 Å². The van der Waals surface area contributed by atoms with Gasteiger partial charge in [0, 0.05) is 57.5 Å². The quantitative estimate of drug-likeness (QED) is 0.331. The van der Waals surface area contributed by atoms with Gasteiger partial charge in [0.25, 0.3) is 0 Å². The van der Waals surface area contributed by atoms with Crippen LogP contribution in [0.5, 0.6) is 0 Å². The molecule has 1 aromatic carbocycles. The molecule has 1 amide bonds. The second-order valence-electron chi connectivity index (χ2n) is 6.92. The molecule has 1 aromatic heterocycles. The predicted octanol–water partition coefficient (Wildman–Crippen LogP) is 2.07. The number of hydrogen-bond donors (Lipinski definition) is 3. The number of fused-ring (bicyclic) bond motifs is 1. The monoisotopic (exact) mass is 387 g/mol. The number of likely N-dealkylation sites (N-methyl/N-ethyl adjacent to an activating group) is 1. The van der Waals surface area contributed by atoms with Crippen LogP contribution in [0, 0.1) is 6.92 Å². The van der Waals surface area contributed by atoms with Crippen LogP contribution in [-0.4, -0.2) is 68.7 Å². The molecule has 0 aliphatic rings. The normalized spacial score (nSPS) is 11.6. The number of aliphatic imine (C=N–C) groups is 1. The van der Waals surface area contributed by atoms with Crippen molar-refractivity contribution >= 4 is 22.8 Å². The summed E-state index contributed by atoms with van der Waals surface area (Å²) in [5.41, 5.74) is 3.71. The molecule has 7 nitrogen and oxygen atoms in total. The SMILES string of the molecule is CCOCCCNC(=NCC(=O)N(C)C)NCCc1c[nH]c2cccc(C)c12. The molecule has 0 saturated heterocycles. The molecule has 0 atom stereocenters. The molecule has 1 heterocycles. The third-order valence-electron chi connectivity index (χ3n) is 4.52. The van der Waals surface area contributed by atoms with Gasteiger partial charge in [-0.25, -0.2) is 4.99 Å². The Morgan fingerprint density at radius 1 is 1.25 bits per heavy atom. The Balaban J connectivity index is 1.92. The highest BCUT2D eigenvalue weighted by molar-refractivity contribution is 5.87. The van der Waals surface area contributed by atoms with Crippen molar-refractivity contribution in [3.63, 3.8) is 0 Å². The summed E-state index contributed by atoms with van der Waals surface area (Å²) in [5, 5.41) is 7.91. The second kappa shape index (κ2) is 11.3. The van der Waals surface area contributed by atoms with Gasteiger partial charge in [-0.15, -0.1) is 0 Å². The number of hydrogen-bond acceptors (Lipinski definition) is 3. The molecule has 2 aromatic rings. The summed E-state index contributed by atoms with van der Waals surface area (Å²) >= 11 is 0. The number of benzene rings is 1. The van der Waals surface area contributed by atoms with Crippen molar-refractivity contribution in [3.05, 3.63) is 35.5 Å². The molecular weight excluding hydrogens is 354 g/mol. The van der Waals surface area contributed by atoms with E-state index in [1.54, 1.807) is 19.0 Å². The Morgan fingerprint density at radius 3 is 2.79 bits per heavy atom. The number of carbonyl (C=O) groups excluding carboxylic acids is 1. The van der Waals surface area contributed by atoms with E-state index in [0.717, 1.165) is 38.1 Å². The van der Waals surface area contributed by atoms with Gasteiger partial charge in [0.2, 0.25) is 5.91 Å². The van der Waals surface area contributed by atoms with Gasteiger partial charge >= 0.3 is 0 Å². The molecule has 0 saturated carbocycles. The van der Waals surface area contributed by atoms with Gasteiger partial charge < -0.3 is 25.3 Å². The Morgan fingerprint density at radius 2 is 2.04 bits per heavy atom. The number of H-pyrrole nitrogens is 1. The first-order chi connectivity index (χ1) is 13.5. The number of ether oxygens (including phenoxy) is 1. The first kappa shape index (κ1) is 21.8. The van der Waals surface area contributed by atoms with Crippen molar-refractivity contribution < 1.29 is 9.53 Å². The summed E-state index contributed by atoms with van der Waals surface area (Å²) in [6.45, 7) is 7.15. The van der Waals surface area contributed by atoms with Crippen molar-refractivity contribution in [2.24, 2.45) is 4.99 Å². The lowest BCUT2D eigenvalue weighted by molar-refractivity contribution is -0.127. The van der Waals surface area contributed by atoms with Gasteiger partial charge in [0.1, 0.15) is 6.54 Å². The molecule has 0 aliphatic carbocycles. The first-order valence-electron chi connectivity index (χ1n) is 9.88. The van der Waals surface area contributed by atoms with E-state index < -0.39 is 0 Å². The molecule has 2 rings (SSSR count). The molecule has 0 bridgehead atoms. The van der Waals surface area contributed by atoms with Gasteiger partial charge in [-0.3, -0.25) is 4.79 Å². The Bertz CT molecular complexity index is 782. The highest BCUT2D eigenvalue weighted by Gasteiger charge is 2.07. The van der Waals surface area contributed by atoms with Crippen molar-refractivity contribution in [2.45, 2.75) is 26.7 Å². The summed E-state index contributed by atoms with van der Waals surface area (Å²) in [7, 11) is 3.47. The van der Waals surface area contributed by atoms with Crippen LogP contribution in [0.1, 0.15) is 24.5 Å². The van der Waals surface area contributed by atoms with Crippen molar-refractivity contribution in [1.82, 2.24) is 20.5 Å². The molecule has 7 heteroatoms. The molecule has 0 fully saturated rings. The van der Waals surface area contributed by atoms with Crippen LogP contribution >= 0.6 is 0 Å². The standard InChI is InChI=1S/C21H33N5O2/c1-5-28-13-7-11-22-21(25-15-19(27)26(3)4)23-12-10-17-14-24-18-9-6-8-16(2)20(17)18/h6,8-9,14,24H,5,7,10-13,15H2,1-4H3,(H2,22,23,25). The van der Waals surface area contributed by atoms with Crippen molar-refractivity contribution in [3.8, 4) is 0 Å². The van der Waals surface area contributed by atoms with Crippen LogP contribution in [0.3, 0.4) is 0 Å². The van der Waals surface area contributed by atoms with Crippen LogP contribution in [0.15, 0.2) is 29.4 Å². The maximum atomic E-state index is 11.8. The zero-order valence-corrected chi connectivity index (χ0v) is 17.5. The lowest BCUT2D eigenvalue weighted by atomic mass is 10.1. The average molecular weight is 388 g/mol. The number of aromatic nitrogens is 1. The lowest BCUT2D eigenvalue weighted by Gasteiger charge is -2.14. The number of rotatable bonds is 10. The fraction of sp³-hybridized carbons (Fsp3) is 0.524. The van der Waals surface area contributed by atoms with Crippen molar-refractivity contribution in [1.29, 1.82) is 0 Å². The van der Waals surface area contributed by atoms with Crippen molar-refractivity contribution in [2.75, 3.05) is 46.9 Å². The predicted molar refractivity (Wildman–Crippen MR) is 115 cm³/mol. The van der Waals surface area contributed by atoms with Gasteiger partial charge in [0.15, 0.2) is 5.96 Å². The number of nitrogens with one attached hydrogen (secondary N) is 3. The van der Waals surface area contributed by atoms with E-state index in [1.165, 1.54) is 16.5 Å². The highest BCUT2D eigenvalue weighted by atomic mass is 16.5. The zero-order chi connectivity index (χ0) is 20.4. The van der Waals surface area contributed by atoms with Gasteiger partial charge in [-0.1, -0.05) is 12.1 Å². The Kier molecular flexibility index (Phi) is 8.81. The van der Waals surface area contributed by atoms with Crippen LogP contribution < -0.4 is 10.6 Å². The molecule has 28 heavy (non-hydrogen) atoms. The minimum Gasteiger partial charge on any atom is -0.382 e. The average Bonchev–Trinajstić information content (AvgIpc) is 3.09. The molecule has 0 radical (unpaired) electrons. The number of nitrogens with zero attached hydrogens (tertiary/aromatic N) is 2. The van der Waals surface area contributed by atoms with E-state index in [2.05, 4.69) is 51.9 Å². The number of amides is 1. The smallest absolute Gasteiger partial charge is 0.243 e. The summed E-state index contributed by atoms with van der Waals surface area (Å²) < 4.78 is 5.36. The van der Waals surface area contributed by atoms with E-state index in [1.807, 2.05) is 6.92 Å². The number of aromatic amines is 1. The highest BCUT2D eigenvalue weighted by Crippen LogP contribution is 2.22. The van der Waals surface area contributed by atoms with Crippen LogP contribution in [-0.2, 0) is 16.0 Å². The minimum absolute atomic E-state index is 0.0253. The summed E-state index contributed by atoms with van der Waals surface area (Å²) in [6.07, 6.45) is 3.82. The van der Waals surface area contributed by atoms with Crippen LogP contribution in [0.4, 0.5) is 0 Å².